The fourth-order valence-electron chi connectivity index (χ4n) is 3.45. The van der Waals surface area contributed by atoms with Crippen molar-refractivity contribution in [2.24, 2.45) is 0 Å². The molecule has 1 aromatic carbocycles. The zero-order valence-electron chi connectivity index (χ0n) is 17.4. The van der Waals surface area contributed by atoms with Crippen LogP contribution in [-0.4, -0.2) is 59.3 Å². The zero-order chi connectivity index (χ0) is 21.1. The van der Waals surface area contributed by atoms with Gasteiger partial charge in [-0.3, -0.25) is 4.79 Å². The van der Waals surface area contributed by atoms with Crippen molar-refractivity contribution in [2.75, 3.05) is 38.2 Å². The zero-order valence-corrected chi connectivity index (χ0v) is 17.4. The highest BCUT2D eigenvalue weighted by Gasteiger charge is 2.26. The monoisotopic (exact) mass is 407 g/mol. The van der Waals surface area contributed by atoms with Crippen molar-refractivity contribution in [1.29, 1.82) is 0 Å². The molecule has 8 nitrogen and oxygen atoms in total. The van der Waals surface area contributed by atoms with Crippen molar-refractivity contribution in [3.63, 3.8) is 0 Å². The third kappa shape index (κ3) is 3.98. The summed E-state index contributed by atoms with van der Waals surface area (Å²) < 4.78 is 11.1. The summed E-state index contributed by atoms with van der Waals surface area (Å²) in [7, 11) is 1.60. The number of amides is 1. The van der Waals surface area contributed by atoms with Gasteiger partial charge in [0.2, 0.25) is 5.89 Å². The molecule has 8 heteroatoms. The molecule has 3 heterocycles. The Morgan fingerprint density at radius 2 is 1.90 bits per heavy atom. The van der Waals surface area contributed by atoms with Crippen molar-refractivity contribution in [3.8, 4) is 17.2 Å². The van der Waals surface area contributed by atoms with E-state index >= 15 is 0 Å². The molecule has 156 valence electrons. The summed E-state index contributed by atoms with van der Waals surface area (Å²) >= 11 is 0. The lowest BCUT2D eigenvalue weighted by atomic mass is 10.1. The maximum atomic E-state index is 12.9. The first-order valence-corrected chi connectivity index (χ1v) is 10.0. The van der Waals surface area contributed by atoms with Crippen LogP contribution in [0.3, 0.4) is 0 Å². The minimum absolute atomic E-state index is 0.00766. The van der Waals surface area contributed by atoms with Crippen LogP contribution in [0.25, 0.3) is 11.5 Å². The number of aromatic nitrogens is 3. The van der Waals surface area contributed by atoms with E-state index in [0.29, 0.717) is 49.3 Å². The van der Waals surface area contributed by atoms with Gasteiger partial charge in [0, 0.05) is 43.9 Å². The van der Waals surface area contributed by atoms with Crippen LogP contribution in [0.15, 0.2) is 47.0 Å². The molecule has 2 aromatic heterocycles. The SMILES string of the molecule is COc1cccc(C(=O)N2CCN(c3ncccc3-c3nnc(C(C)C)o3)CC2)c1. The summed E-state index contributed by atoms with van der Waals surface area (Å²) in [5.74, 6) is 2.72. The molecule has 1 aliphatic rings. The number of nitrogens with zero attached hydrogens (tertiary/aromatic N) is 5. The van der Waals surface area contributed by atoms with Gasteiger partial charge in [0.15, 0.2) is 0 Å². The van der Waals surface area contributed by atoms with Crippen molar-refractivity contribution < 1.29 is 13.9 Å². The first kappa shape index (κ1) is 19.9. The number of hydrogen-bond donors (Lipinski definition) is 0. The molecule has 1 amide bonds. The Morgan fingerprint density at radius 1 is 1.10 bits per heavy atom. The highest BCUT2D eigenvalue weighted by atomic mass is 16.5. The van der Waals surface area contributed by atoms with Crippen molar-refractivity contribution in [2.45, 2.75) is 19.8 Å². The average Bonchev–Trinajstić information content (AvgIpc) is 3.29. The minimum atomic E-state index is 0.00766. The van der Waals surface area contributed by atoms with E-state index in [2.05, 4.69) is 20.1 Å². The lowest BCUT2D eigenvalue weighted by Gasteiger charge is -2.36. The Labute approximate surface area is 175 Å². The number of hydrogen-bond acceptors (Lipinski definition) is 7. The highest BCUT2D eigenvalue weighted by Crippen LogP contribution is 2.30. The third-order valence-corrected chi connectivity index (χ3v) is 5.13. The van der Waals surface area contributed by atoms with E-state index in [0.717, 1.165) is 11.4 Å². The maximum Gasteiger partial charge on any atom is 0.254 e. The fraction of sp³-hybridized carbons (Fsp3) is 0.364. The summed E-state index contributed by atoms with van der Waals surface area (Å²) in [6.45, 7) is 6.58. The normalized spacial score (nSPS) is 14.3. The standard InChI is InChI=1S/C22H25N5O3/c1-15(2)20-24-25-21(30-20)18-8-5-9-23-19(18)26-10-12-27(13-11-26)22(28)16-6-4-7-17(14-16)29-3/h4-9,14-15H,10-13H2,1-3H3. The molecule has 1 saturated heterocycles. The predicted molar refractivity (Wildman–Crippen MR) is 113 cm³/mol. The summed E-state index contributed by atoms with van der Waals surface area (Å²) in [6.07, 6.45) is 1.76. The number of carbonyl (C=O) groups is 1. The molecule has 0 atom stereocenters. The van der Waals surface area contributed by atoms with E-state index in [1.54, 1.807) is 19.4 Å². The van der Waals surface area contributed by atoms with Gasteiger partial charge in [0.25, 0.3) is 11.8 Å². The molecule has 0 saturated carbocycles. The van der Waals surface area contributed by atoms with Crippen LogP contribution in [0.1, 0.15) is 36.0 Å². The van der Waals surface area contributed by atoms with Gasteiger partial charge in [-0.1, -0.05) is 19.9 Å². The second-order valence-corrected chi connectivity index (χ2v) is 7.49. The average molecular weight is 407 g/mol. The molecule has 0 unspecified atom stereocenters. The number of piperazine rings is 1. The van der Waals surface area contributed by atoms with Crippen LogP contribution in [0.4, 0.5) is 5.82 Å². The predicted octanol–water partition coefficient (Wildman–Crippen LogP) is 3.23. The van der Waals surface area contributed by atoms with E-state index in [4.69, 9.17) is 9.15 Å². The molecule has 0 radical (unpaired) electrons. The maximum absolute atomic E-state index is 12.9. The van der Waals surface area contributed by atoms with Gasteiger partial charge in [-0.05, 0) is 30.3 Å². The summed E-state index contributed by atoms with van der Waals surface area (Å²) in [6, 6.07) is 11.1. The summed E-state index contributed by atoms with van der Waals surface area (Å²) in [4.78, 5) is 21.4. The van der Waals surface area contributed by atoms with Crippen molar-refractivity contribution in [3.05, 3.63) is 54.0 Å². The van der Waals surface area contributed by atoms with Gasteiger partial charge in [0.05, 0.1) is 12.7 Å². The number of anilines is 1. The molecule has 30 heavy (non-hydrogen) atoms. The summed E-state index contributed by atoms with van der Waals surface area (Å²) in [5, 5.41) is 8.34. The first-order valence-electron chi connectivity index (χ1n) is 10.0. The lowest BCUT2D eigenvalue weighted by molar-refractivity contribution is 0.0746. The highest BCUT2D eigenvalue weighted by molar-refractivity contribution is 5.94. The van der Waals surface area contributed by atoms with Gasteiger partial charge < -0.3 is 19.0 Å². The Bertz CT molecular complexity index is 1020. The minimum Gasteiger partial charge on any atom is -0.497 e. The second-order valence-electron chi connectivity index (χ2n) is 7.49. The topological polar surface area (TPSA) is 84.6 Å². The second kappa shape index (κ2) is 8.52. The Kier molecular flexibility index (Phi) is 5.65. The Morgan fingerprint density at radius 3 is 2.60 bits per heavy atom. The first-order chi connectivity index (χ1) is 14.6. The molecule has 0 N–H and O–H groups in total. The van der Waals surface area contributed by atoms with Crippen LogP contribution in [-0.2, 0) is 0 Å². The van der Waals surface area contributed by atoms with E-state index < -0.39 is 0 Å². The van der Waals surface area contributed by atoms with Gasteiger partial charge >= 0.3 is 0 Å². The number of ether oxygens (including phenoxy) is 1. The van der Waals surface area contributed by atoms with E-state index in [1.165, 1.54) is 0 Å². The van der Waals surface area contributed by atoms with Crippen molar-refractivity contribution in [1.82, 2.24) is 20.1 Å². The van der Waals surface area contributed by atoms with Crippen molar-refractivity contribution >= 4 is 11.7 Å². The van der Waals surface area contributed by atoms with Crippen LogP contribution >= 0.6 is 0 Å². The van der Waals surface area contributed by atoms with Crippen LogP contribution < -0.4 is 9.64 Å². The molecule has 4 rings (SSSR count). The fourth-order valence-corrected chi connectivity index (χ4v) is 3.45. The number of methoxy groups -OCH3 is 1. The molecule has 1 aliphatic heterocycles. The Hall–Kier alpha value is -3.42. The molecule has 0 spiro atoms. The Balaban J connectivity index is 1.48. The van der Waals surface area contributed by atoms with Gasteiger partial charge in [-0.2, -0.15) is 0 Å². The number of benzene rings is 1. The van der Waals surface area contributed by atoms with E-state index in [-0.39, 0.29) is 11.8 Å². The van der Waals surface area contributed by atoms with Crippen LogP contribution in [0, 0.1) is 0 Å². The molecule has 1 fully saturated rings. The van der Waals surface area contributed by atoms with Gasteiger partial charge in [-0.25, -0.2) is 4.98 Å². The largest absolute Gasteiger partial charge is 0.497 e. The number of carbonyl (C=O) groups excluding carboxylic acids is 1. The lowest BCUT2D eigenvalue weighted by Crippen LogP contribution is -2.49. The molecule has 0 bridgehead atoms. The summed E-state index contributed by atoms with van der Waals surface area (Å²) in [5.41, 5.74) is 1.44. The van der Waals surface area contributed by atoms with Crippen LogP contribution in [0.5, 0.6) is 5.75 Å². The number of rotatable bonds is 5. The smallest absolute Gasteiger partial charge is 0.254 e. The number of pyridine rings is 1. The van der Waals surface area contributed by atoms with E-state index in [1.807, 2.05) is 49.1 Å². The molecule has 3 aromatic rings. The molecule has 0 aliphatic carbocycles. The third-order valence-electron chi connectivity index (χ3n) is 5.13. The molecular formula is C22H25N5O3. The van der Waals surface area contributed by atoms with E-state index in [9.17, 15) is 4.79 Å². The van der Waals surface area contributed by atoms with Gasteiger partial charge in [-0.15, -0.1) is 10.2 Å². The van der Waals surface area contributed by atoms with Crippen LogP contribution in [0.2, 0.25) is 0 Å². The molecular weight excluding hydrogens is 382 g/mol. The quantitative estimate of drug-likeness (QED) is 0.642. The van der Waals surface area contributed by atoms with Gasteiger partial charge in [0.1, 0.15) is 11.6 Å².